The summed E-state index contributed by atoms with van der Waals surface area (Å²) in [5.41, 5.74) is 1.78. The zero-order valence-electron chi connectivity index (χ0n) is 20.9. The fourth-order valence-corrected chi connectivity index (χ4v) is 4.12. The number of urea groups is 1. The van der Waals surface area contributed by atoms with Crippen LogP contribution in [0, 0.1) is 0 Å². The van der Waals surface area contributed by atoms with Crippen molar-refractivity contribution in [2.24, 2.45) is 0 Å². The van der Waals surface area contributed by atoms with E-state index >= 15 is 0 Å². The number of nitrogens with one attached hydrogen (secondary N) is 2. The monoisotopic (exact) mass is 515 g/mol. The van der Waals surface area contributed by atoms with Crippen molar-refractivity contribution in [1.29, 1.82) is 0 Å². The first kappa shape index (κ1) is 27.4. The predicted octanol–water partition coefficient (Wildman–Crippen LogP) is 3.64. The van der Waals surface area contributed by atoms with Gasteiger partial charge in [0.05, 0.1) is 12.6 Å². The van der Waals surface area contributed by atoms with Crippen molar-refractivity contribution in [3.8, 4) is 0 Å². The molecule has 0 spiro atoms. The molecule has 1 aliphatic heterocycles. The highest BCUT2D eigenvalue weighted by Gasteiger charge is 2.39. The second-order valence-electron chi connectivity index (χ2n) is 9.07. The first-order valence-corrected chi connectivity index (χ1v) is 12.4. The Hall–Kier alpha value is -3.14. The number of halogens is 1. The van der Waals surface area contributed by atoms with Gasteiger partial charge in [-0.2, -0.15) is 0 Å². The van der Waals surface area contributed by atoms with Crippen LogP contribution in [0.1, 0.15) is 26.2 Å². The van der Waals surface area contributed by atoms with Gasteiger partial charge in [-0.15, -0.1) is 0 Å². The summed E-state index contributed by atoms with van der Waals surface area (Å²) in [6.07, 6.45) is 1.46. The number of likely N-dealkylation sites (tertiary alicyclic amines) is 1. The van der Waals surface area contributed by atoms with Gasteiger partial charge in [0.1, 0.15) is 6.04 Å². The molecule has 3 rings (SSSR count). The lowest BCUT2D eigenvalue weighted by Crippen LogP contribution is -2.45. The summed E-state index contributed by atoms with van der Waals surface area (Å²) in [5, 5.41) is 16.2. The van der Waals surface area contributed by atoms with Crippen molar-refractivity contribution in [1.82, 2.24) is 9.80 Å². The lowest BCUT2D eigenvalue weighted by Gasteiger charge is -2.24. The first-order chi connectivity index (χ1) is 17.2. The minimum Gasteiger partial charge on any atom is -0.391 e. The number of likely N-dealkylation sites (N-methyl/N-ethyl adjacent to an activating group) is 2. The number of carbonyl (C=O) groups excluding carboxylic acids is 3. The van der Waals surface area contributed by atoms with Gasteiger partial charge in [0.2, 0.25) is 11.8 Å². The van der Waals surface area contributed by atoms with E-state index < -0.39 is 24.1 Å². The molecule has 194 valence electrons. The van der Waals surface area contributed by atoms with Crippen molar-refractivity contribution < 1.29 is 19.5 Å². The van der Waals surface area contributed by atoms with E-state index in [0.717, 1.165) is 19.4 Å². The van der Waals surface area contributed by atoms with Gasteiger partial charge in [-0.3, -0.25) is 14.5 Å². The fourth-order valence-electron chi connectivity index (χ4n) is 4.00. The lowest BCUT2D eigenvalue weighted by molar-refractivity contribution is -0.120. The minimum atomic E-state index is -0.824. The van der Waals surface area contributed by atoms with E-state index in [2.05, 4.69) is 17.6 Å². The summed E-state index contributed by atoms with van der Waals surface area (Å²) in [7, 11) is 3.65. The number of rotatable bonds is 9. The number of benzene rings is 2. The molecule has 0 aromatic heterocycles. The van der Waals surface area contributed by atoms with Gasteiger partial charge in [0.15, 0.2) is 0 Å². The molecule has 0 unspecified atom stereocenters. The molecule has 0 saturated carbocycles. The Morgan fingerprint density at radius 3 is 2.28 bits per heavy atom. The molecule has 1 heterocycles. The van der Waals surface area contributed by atoms with Crippen molar-refractivity contribution >= 4 is 46.5 Å². The molecule has 0 radical (unpaired) electrons. The van der Waals surface area contributed by atoms with Crippen LogP contribution in [0.2, 0.25) is 5.02 Å². The van der Waals surface area contributed by atoms with E-state index in [-0.39, 0.29) is 18.9 Å². The molecular formula is C26H34ClN5O4. The minimum absolute atomic E-state index is 0.0207. The standard InChI is InChI=1S/C26H34ClN5O4/c1-4-5-14-30(2)17-24(34)31(3)21-12-10-19(11-13-21)28-25(35)23-15-22(33)16-32(23)26(36)29-20-8-6-18(27)7-9-20/h6-13,22-23,33H,4-5,14-17H2,1-3H3,(H,28,35)(H,29,36)/t22-,23-/m1/s1. The van der Waals surface area contributed by atoms with Crippen LogP contribution in [0.4, 0.5) is 21.9 Å². The van der Waals surface area contributed by atoms with Gasteiger partial charge in [0.25, 0.3) is 0 Å². The number of aliphatic hydroxyl groups is 1. The zero-order chi connectivity index (χ0) is 26.2. The molecule has 3 N–H and O–H groups in total. The Morgan fingerprint density at radius 2 is 1.64 bits per heavy atom. The predicted molar refractivity (Wildman–Crippen MR) is 142 cm³/mol. The van der Waals surface area contributed by atoms with Crippen molar-refractivity contribution in [2.45, 2.75) is 38.3 Å². The molecule has 1 saturated heterocycles. The molecular weight excluding hydrogens is 482 g/mol. The van der Waals surface area contributed by atoms with E-state index in [0.29, 0.717) is 28.6 Å². The van der Waals surface area contributed by atoms with Crippen LogP contribution in [0.3, 0.4) is 0 Å². The number of unbranched alkanes of at least 4 members (excludes halogenated alkanes) is 1. The fraction of sp³-hybridized carbons (Fsp3) is 0.423. The Bertz CT molecular complexity index is 1050. The highest BCUT2D eigenvalue weighted by molar-refractivity contribution is 6.30. The molecule has 4 amide bonds. The van der Waals surface area contributed by atoms with Crippen molar-refractivity contribution in [3.63, 3.8) is 0 Å². The van der Waals surface area contributed by atoms with E-state index in [1.165, 1.54) is 4.90 Å². The molecule has 10 heteroatoms. The maximum absolute atomic E-state index is 13.0. The van der Waals surface area contributed by atoms with Gasteiger partial charge in [-0.1, -0.05) is 24.9 Å². The van der Waals surface area contributed by atoms with Gasteiger partial charge in [0, 0.05) is 42.1 Å². The third-order valence-corrected chi connectivity index (χ3v) is 6.38. The summed E-state index contributed by atoms with van der Waals surface area (Å²) >= 11 is 5.88. The number of anilines is 3. The Morgan fingerprint density at radius 1 is 1.03 bits per heavy atom. The SMILES string of the molecule is CCCCN(C)CC(=O)N(C)c1ccc(NC(=O)[C@H]2C[C@@H](O)CN2C(=O)Nc2ccc(Cl)cc2)cc1. The Balaban J connectivity index is 1.59. The van der Waals surface area contributed by atoms with Crippen LogP contribution in [0.25, 0.3) is 0 Å². The van der Waals surface area contributed by atoms with E-state index in [1.54, 1.807) is 60.5 Å². The Kier molecular flexibility index (Phi) is 9.69. The molecule has 1 aliphatic rings. The maximum atomic E-state index is 13.0. The average molecular weight is 516 g/mol. The third kappa shape index (κ3) is 7.43. The summed E-state index contributed by atoms with van der Waals surface area (Å²) in [4.78, 5) is 43.2. The Labute approximate surface area is 217 Å². The van der Waals surface area contributed by atoms with Gasteiger partial charge in [-0.25, -0.2) is 4.79 Å². The highest BCUT2D eigenvalue weighted by atomic mass is 35.5. The number of hydrogen-bond donors (Lipinski definition) is 3. The van der Waals surface area contributed by atoms with Crippen molar-refractivity contribution in [3.05, 3.63) is 53.6 Å². The molecule has 36 heavy (non-hydrogen) atoms. The summed E-state index contributed by atoms with van der Waals surface area (Å²) in [6.45, 7) is 3.36. The lowest BCUT2D eigenvalue weighted by atomic mass is 10.1. The third-order valence-electron chi connectivity index (χ3n) is 6.13. The van der Waals surface area contributed by atoms with Crippen LogP contribution in [-0.4, -0.2) is 78.6 Å². The van der Waals surface area contributed by atoms with Crippen LogP contribution < -0.4 is 15.5 Å². The van der Waals surface area contributed by atoms with Crippen LogP contribution in [0.15, 0.2) is 48.5 Å². The van der Waals surface area contributed by atoms with E-state index in [9.17, 15) is 19.5 Å². The number of β-amino-alcohol motifs (C(OH)–C–C–N with tert-alkyl or cyclic N) is 1. The summed E-state index contributed by atoms with van der Waals surface area (Å²) in [5.74, 6) is -0.416. The van der Waals surface area contributed by atoms with Crippen LogP contribution in [-0.2, 0) is 9.59 Å². The summed E-state index contributed by atoms with van der Waals surface area (Å²) in [6, 6.07) is 12.3. The molecule has 0 aliphatic carbocycles. The van der Waals surface area contributed by atoms with Gasteiger partial charge >= 0.3 is 6.03 Å². The van der Waals surface area contributed by atoms with E-state index in [1.807, 2.05) is 11.9 Å². The van der Waals surface area contributed by atoms with Crippen LogP contribution in [0.5, 0.6) is 0 Å². The topological polar surface area (TPSA) is 105 Å². The normalized spacial score (nSPS) is 17.2. The molecule has 2 aromatic rings. The molecule has 9 nitrogen and oxygen atoms in total. The smallest absolute Gasteiger partial charge is 0.322 e. The molecule has 0 bridgehead atoms. The summed E-state index contributed by atoms with van der Waals surface area (Å²) < 4.78 is 0. The van der Waals surface area contributed by atoms with Gasteiger partial charge in [-0.05, 0) is 68.5 Å². The van der Waals surface area contributed by atoms with E-state index in [4.69, 9.17) is 11.6 Å². The zero-order valence-corrected chi connectivity index (χ0v) is 21.7. The second kappa shape index (κ2) is 12.7. The average Bonchev–Trinajstić information content (AvgIpc) is 3.26. The first-order valence-electron chi connectivity index (χ1n) is 12.0. The highest BCUT2D eigenvalue weighted by Crippen LogP contribution is 2.23. The number of hydrogen-bond acceptors (Lipinski definition) is 5. The number of carbonyl (C=O) groups is 3. The maximum Gasteiger partial charge on any atom is 0.322 e. The largest absolute Gasteiger partial charge is 0.391 e. The van der Waals surface area contributed by atoms with Crippen molar-refractivity contribution in [2.75, 3.05) is 49.3 Å². The number of nitrogens with zero attached hydrogens (tertiary/aromatic N) is 3. The number of aliphatic hydroxyl groups excluding tert-OH is 1. The second-order valence-corrected chi connectivity index (χ2v) is 9.51. The number of amides is 4. The molecule has 2 atom stereocenters. The quantitative estimate of drug-likeness (QED) is 0.473. The van der Waals surface area contributed by atoms with Crippen LogP contribution >= 0.6 is 11.6 Å². The van der Waals surface area contributed by atoms with Gasteiger partial charge < -0.3 is 25.5 Å². The molecule has 1 fully saturated rings. The molecule has 2 aromatic carbocycles.